The molecule has 1 aliphatic heterocycles. The first kappa shape index (κ1) is 13.1. The van der Waals surface area contributed by atoms with Crippen LogP contribution in [0.2, 0.25) is 0 Å². The number of rotatable bonds is 3. The molecule has 0 radical (unpaired) electrons. The minimum Gasteiger partial charge on any atom is -0.272 e. The van der Waals surface area contributed by atoms with Crippen LogP contribution < -0.4 is 0 Å². The van der Waals surface area contributed by atoms with Crippen molar-refractivity contribution in [2.24, 2.45) is 5.41 Å². The van der Waals surface area contributed by atoms with E-state index in [9.17, 15) is 8.42 Å². The van der Waals surface area contributed by atoms with Crippen LogP contribution in [0.1, 0.15) is 39.5 Å². The van der Waals surface area contributed by atoms with Gasteiger partial charge in [0.25, 0.3) is 0 Å². The lowest BCUT2D eigenvalue weighted by atomic mass is 9.68. The van der Waals surface area contributed by atoms with Gasteiger partial charge in [-0.1, -0.05) is 6.42 Å². The lowest BCUT2D eigenvalue weighted by Crippen LogP contribution is -2.37. The predicted octanol–water partition coefficient (Wildman–Crippen LogP) is 1.86. The monoisotopic (exact) mass is 283 g/mol. The molecule has 2 fully saturated rings. The normalized spacial score (nSPS) is 26.7. The van der Waals surface area contributed by atoms with Crippen LogP contribution in [0, 0.1) is 5.41 Å². The smallest absolute Gasteiger partial charge is 0.246 e. The van der Waals surface area contributed by atoms with Gasteiger partial charge in [-0.2, -0.15) is 9.40 Å². The van der Waals surface area contributed by atoms with E-state index in [0.29, 0.717) is 18.0 Å². The third-order valence-electron chi connectivity index (χ3n) is 4.67. The predicted molar refractivity (Wildman–Crippen MR) is 72.2 cm³/mol. The molecule has 2 aliphatic rings. The minimum absolute atomic E-state index is 0.107. The zero-order valence-electron chi connectivity index (χ0n) is 11.5. The van der Waals surface area contributed by atoms with Gasteiger partial charge in [0.15, 0.2) is 0 Å². The number of hydrogen-bond donors (Lipinski definition) is 0. The first-order valence-corrected chi connectivity index (χ1v) is 8.45. The molecule has 3 rings (SSSR count). The zero-order valence-corrected chi connectivity index (χ0v) is 12.4. The third kappa shape index (κ3) is 2.01. The Hall–Kier alpha value is -0.880. The number of sulfonamides is 1. The van der Waals surface area contributed by atoms with E-state index in [2.05, 4.69) is 5.10 Å². The molecule has 0 aromatic carbocycles. The Labute approximate surface area is 114 Å². The van der Waals surface area contributed by atoms with Gasteiger partial charge in [-0.15, -0.1) is 0 Å². The van der Waals surface area contributed by atoms with Gasteiger partial charge in [-0.3, -0.25) is 4.68 Å². The number of nitrogens with zero attached hydrogens (tertiary/aromatic N) is 3. The van der Waals surface area contributed by atoms with Crippen LogP contribution in [-0.2, 0) is 16.6 Å². The second-order valence-electron chi connectivity index (χ2n) is 5.99. The summed E-state index contributed by atoms with van der Waals surface area (Å²) in [4.78, 5) is 0.331. The van der Waals surface area contributed by atoms with Crippen molar-refractivity contribution in [2.45, 2.75) is 57.0 Å². The Bertz CT molecular complexity index is 574. The highest BCUT2D eigenvalue weighted by molar-refractivity contribution is 7.89. The van der Waals surface area contributed by atoms with Crippen molar-refractivity contribution in [2.75, 3.05) is 6.54 Å². The van der Waals surface area contributed by atoms with E-state index in [1.54, 1.807) is 15.2 Å². The van der Waals surface area contributed by atoms with Crippen molar-refractivity contribution < 1.29 is 8.42 Å². The van der Waals surface area contributed by atoms with E-state index in [1.807, 2.05) is 13.8 Å². The topological polar surface area (TPSA) is 55.2 Å². The summed E-state index contributed by atoms with van der Waals surface area (Å²) in [5, 5.41) is 4.08. The molecule has 19 heavy (non-hydrogen) atoms. The summed E-state index contributed by atoms with van der Waals surface area (Å²) in [6.45, 7) is 5.35. The average Bonchev–Trinajstić information content (AvgIpc) is 2.92. The third-order valence-corrected chi connectivity index (χ3v) is 6.58. The molecule has 1 atom stereocenters. The summed E-state index contributed by atoms with van der Waals surface area (Å²) >= 11 is 0. The Morgan fingerprint density at radius 2 is 2.21 bits per heavy atom. The zero-order chi connectivity index (χ0) is 13.7. The lowest BCUT2D eigenvalue weighted by molar-refractivity contribution is 0.152. The van der Waals surface area contributed by atoms with Gasteiger partial charge < -0.3 is 0 Å². The van der Waals surface area contributed by atoms with Crippen LogP contribution in [0.15, 0.2) is 17.3 Å². The van der Waals surface area contributed by atoms with E-state index in [4.69, 9.17) is 0 Å². The number of aromatic nitrogens is 2. The molecule has 5 nitrogen and oxygen atoms in total. The summed E-state index contributed by atoms with van der Waals surface area (Å²) in [7, 11) is -3.37. The molecule has 1 aromatic heterocycles. The standard InChI is InChI=1S/C13H21N3O2S/c1-3-15-9-12(8-14-15)19(17,18)16-10-13(5-4-6-13)7-11(16)2/h8-9,11H,3-7,10H2,1-2H3. The molecule has 1 saturated heterocycles. The fourth-order valence-corrected chi connectivity index (χ4v) is 5.12. The highest BCUT2D eigenvalue weighted by Crippen LogP contribution is 2.51. The molecule has 0 amide bonds. The van der Waals surface area contributed by atoms with Crippen LogP contribution >= 0.6 is 0 Å². The van der Waals surface area contributed by atoms with Gasteiger partial charge in [-0.05, 0) is 38.5 Å². The first-order chi connectivity index (χ1) is 8.97. The van der Waals surface area contributed by atoms with E-state index >= 15 is 0 Å². The van der Waals surface area contributed by atoms with Crippen LogP contribution in [0.5, 0.6) is 0 Å². The van der Waals surface area contributed by atoms with E-state index in [-0.39, 0.29) is 11.5 Å². The van der Waals surface area contributed by atoms with Crippen LogP contribution in [0.4, 0.5) is 0 Å². The van der Waals surface area contributed by atoms with Crippen molar-refractivity contribution in [3.05, 3.63) is 12.4 Å². The molecule has 0 bridgehead atoms. The lowest BCUT2D eigenvalue weighted by Gasteiger charge is -2.37. The van der Waals surface area contributed by atoms with Gasteiger partial charge in [-0.25, -0.2) is 8.42 Å². The number of aryl methyl sites for hydroxylation is 1. The molecule has 1 aliphatic carbocycles. The van der Waals surface area contributed by atoms with Crippen molar-refractivity contribution in [3.8, 4) is 0 Å². The van der Waals surface area contributed by atoms with Gasteiger partial charge >= 0.3 is 0 Å². The maximum atomic E-state index is 12.7. The maximum absolute atomic E-state index is 12.7. The first-order valence-electron chi connectivity index (χ1n) is 7.01. The van der Waals surface area contributed by atoms with Crippen LogP contribution in [-0.4, -0.2) is 35.1 Å². The molecule has 1 unspecified atom stereocenters. The highest BCUT2D eigenvalue weighted by Gasteiger charge is 2.50. The van der Waals surface area contributed by atoms with Crippen LogP contribution in [0.3, 0.4) is 0 Å². The van der Waals surface area contributed by atoms with Gasteiger partial charge in [0.05, 0.1) is 6.20 Å². The van der Waals surface area contributed by atoms with Crippen molar-refractivity contribution >= 4 is 10.0 Å². The second kappa shape index (κ2) is 4.31. The molecule has 106 valence electrons. The van der Waals surface area contributed by atoms with E-state index in [1.165, 1.54) is 25.5 Å². The van der Waals surface area contributed by atoms with Crippen molar-refractivity contribution in [3.63, 3.8) is 0 Å². The molecule has 2 heterocycles. The van der Waals surface area contributed by atoms with Crippen LogP contribution in [0.25, 0.3) is 0 Å². The summed E-state index contributed by atoms with van der Waals surface area (Å²) in [5.41, 5.74) is 0.271. The van der Waals surface area contributed by atoms with Gasteiger partial charge in [0, 0.05) is 25.3 Å². The maximum Gasteiger partial charge on any atom is 0.246 e. The van der Waals surface area contributed by atoms with Gasteiger partial charge in [0.2, 0.25) is 10.0 Å². The Balaban J connectivity index is 1.88. The van der Waals surface area contributed by atoms with Crippen molar-refractivity contribution in [1.82, 2.24) is 14.1 Å². The van der Waals surface area contributed by atoms with E-state index < -0.39 is 10.0 Å². The molecule has 0 N–H and O–H groups in total. The minimum atomic E-state index is -3.37. The number of hydrogen-bond acceptors (Lipinski definition) is 3. The fourth-order valence-electron chi connectivity index (χ4n) is 3.43. The van der Waals surface area contributed by atoms with Gasteiger partial charge in [0.1, 0.15) is 4.90 Å². The fraction of sp³-hybridized carbons (Fsp3) is 0.769. The largest absolute Gasteiger partial charge is 0.272 e. The summed E-state index contributed by atoms with van der Waals surface area (Å²) in [6.07, 6.45) is 7.71. The SMILES string of the molecule is CCn1cc(S(=O)(=O)N2CC3(CCC3)CC2C)cn1. The summed E-state index contributed by atoms with van der Waals surface area (Å²) < 4.78 is 28.7. The van der Waals surface area contributed by atoms with E-state index in [0.717, 1.165) is 6.42 Å². The second-order valence-corrected chi connectivity index (χ2v) is 7.88. The Morgan fingerprint density at radius 3 is 2.68 bits per heavy atom. The summed E-state index contributed by atoms with van der Waals surface area (Å²) in [5.74, 6) is 0. The molecular formula is C13H21N3O2S. The molecule has 1 spiro atoms. The quantitative estimate of drug-likeness (QED) is 0.850. The molecule has 6 heteroatoms. The van der Waals surface area contributed by atoms with Crippen molar-refractivity contribution in [1.29, 1.82) is 0 Å². The summed E-state index contributed by atoms with van der Waals surface area (Å²) in [6, 6.07) is 0.107. The average molecular weight is 283 g/mol. The molecule has 1 aromatic rings. The highest BCUT2D eigenvalue weighted by atomic mass is 32.2. The molecular weight excluding hydrogens is 262 g/mol. The Morgan fingerprint density at radius 1 is 1.47 bits per heavy atom. The Kier molecular flexibility index (Phi) is 2.98. The molecule has 1 saturated carbocycles.